The molecule has 0 radical (unpaired) electrons. The van der Waals surface area contributed by atoms with Gasteiger partial charge in [0.25, 0.3) is 0 Å². The number of hydrogen-bond acceptors (Lipinski definition) is 3. The van der Waals surface area contributed by atoms with E-state index in [0.29, 0.717) is 0 Å². The Labute approximate surface area is 118 Å². The molecule has 3 aromatic rings. The molecule has 20 heavy (non-hydrogen) atoms. The Morgan fingerprint density at radius 2 is 2.05 bits per heavy atom. The lowest BCUT2D eigenvalue weighted by Gasteiger charge is -2.07. The SMILES string of the molecule is CCc1ccc(-n2c(C)nc3cc(OC)ccc32)cn1. The van der Waals surface area contributed by atoms with Crippen LogP contribution in [0.3, 0.4) is 0 Å². The third-order valence-corrected chi connectivity index (χ3v) is 3.46. The topological polar surface area (TPSA) is 39.9 Å². The number of fused-ring (bicyclic) bond motifs is 1. The highest BCUT2D eigenvalue weighted by molar-refractivity contribution is 5.79. The van der Waals surface area contributed by atoms with Crippen molar-refractivity contribution in [3.63, 3.8) is 0 Å². The van der Waals surface area contributed by atoms with Crippen molar-refractivity contribution in [3.05, 3.63) is 48.0 Å². The van der Waals surface area contributed by atoms with E-state index in [1.54, 1.807) is 7.11 Å². The van der Waals surface area contributed by atoms with E-state index < -0.39 is 0 Å². The van der Waals surface area contributed by atoms with E-state index in [0.717, 1.165) is 40.4 Å². The number of methoxy groups -OCH3 is 1. The van der Waals surface area contributed by atoms with Gasteiger partial charge in [-0.25, -0.2) is 4.98 Å². The monoisotopic (exact) mass is 267 g/mol. The fourth-order valence-electron chi connectivity index (χ4n) is 2.39. The molecular formula is C16H17N3O. The molecule has 102 valence electrons. The first-order chi connectivity index (χ1) is 9.72. The number of hydrogen-bond donors (Lipinski definition) is 0. The molecule has 0 bridgehead atoms. The lowest BCUT2D eigenvalue weighted by molar-refractivity contribution is 0.415. The van der Waals surface area contributed by atoms with Gasteiger partial charge in [-0.2, -0.15) is 0 Å². The van der Waals surface area contributed by atoms with Gasteiger partial charge in [-0.05, 0) is 37.6 Å². The molecule has 0 atom stereocenters. The number of rotatable bonds is 3. The summed E-state index contributed by atoms with van der Waals surface area (Å²) in [5.41, 5.74) is 4.13. The predicted octanol–water partition coefficient (Wildman–Crippen LogP) is 3.30. The molecule has 0 aliphatic rings. The average Bonchev–Trinajstić information content (AvgIpc) is 2.82. The van der Waals surface area contributed by atoms with Crippen molar-refractivity contribution in [2.75, 3.05) is 7.11 Å². The van der Waals surface area contributed by atoms with E-state index in [1.807, 2.05) is 31.3 Å². The summed E-state index contributed by atoms with van der Waals surface area (Å²) in [5, 5.41) is 0. The molecule has 4 heteroatoms. The van der Waals surface area contributed by atoms with E-state index in [1.165, 1.54) is 0 Å². The molecule has 0 aliphatic carbocycles. The quantitative estimate of drug-likeness (QED) is 0.731. The van der Waals surface area contributed by atoms with Gasteiger partial charge in [0.2, 0.25) is 0 Å². The molecule has 4 nitrogen and oxygen atoms in total. The second-order valence-electron chi connectivity index (χ2n) is 4.71. The molecule has 0 amide bonds. The van der Waals surface area contributed by atoms with Gasteiger partial charge in [0.1, 0.15) is 11.6 Å². The number of ether oxygens (including phenoxy) is 1. The minimum atomic E-state index is 0.821. The molecule has 0 fully saturated rings. The molecule has 0 saturated carbocycles. The van der Waals surface area contributed by atoms with Crippen molar-refractivity contribution >= 4 is 11.0 Å². The molecular weight excluding hydrogens is 250 g/mol. The van der Waals surface area contributed by atoms with Gasteiger partial charge in [-0.15, -0.1) is 0 Å². The molecule has 0 N–H and O–H groups in total. The zero-order valence-corrected chi connectivity index (χ0v) is 11.9. The minimum absolute atomic E-state index is 0.821. The van der Waals surface area contributed by atoms with Crippen molar-refractivity contribution in [2.24, 2.45) is 0 Å². The highest BCUT2D eigenvalue weighted by atomic mass is 16.5. The Bertz CT molecular complexity index is 744. The van der Waals surface area contributed by atoms with Crippen molar-refractivity contribution in [3.8, 4) is 11.4 Å². The predicted molar refractivity (Wildman–Crippen MR) is 79.5 cm³/mol. The van der Waals surface area contributed by atoms with Crippen LogP contribution in [0.15, 0.2) is 36.5 Å². The second kappa shape index (κ2) is 4.96. The van der Waals surface area contributed by atoms with Gasteiger partial charge in [-0.1, -0.05) is 6.92 Å². The number of nitrogens with zero attached hydrogens (tertiary/aromatic N) is 3. The van der Waals surface area contributed by atoms with E-state index in [2.05, 4.69) is 33.6 Å². The molecule has 0 unspecified atom stereocenters. The van der Waals surface area contributed by atoms with Crippen LogP contribution >= 0.6 is 0 Å². The first-order valence-corrected chi connectivity index (χ1v) is 6.71. The van der Waals surface area contributed by atoms with Crippen LogP contribution in [0, 0.1) is 6.92 Å². The Morgan fingerprint density at radius 1 is 1.20 bits per heavy atom. The molecule has 2 heterocycles. The van der Waals surface area contributed by atoms with Crippen molar-refractivity contribution < 1.29 is 4.74 Å². The van der Waals surface area contributed by atoms with Gasteiger partial charge < -0.3 is 4.74 Å². The Balaban J connectivity index is 2.16. The van der Waals surface area contributed by atoms with E-state index >= 15 is 0 Å². The lowest BCUT2D eigenvalue weighted by atomic mass is 10.2. The van der Waals surface area contributed by atoms with Crippen molar-refractivity contribution in [1.29, 1.82) is 0 Å². The number of benzene rings is 1. The number of aryl methyl sites for hydroxylation is 2. The first-order valence-electron chi connectivity index (χ1n) is 6.71. The maximum Gasteiger partial charge on any atom is 0.121 e. The fourth-order valence-corrected chi connectivity index (χ4v) is 2.39. The van der Waals surface area contributed by atoms with Gasteiger partial charge in [0, 0.05) is 11.8 Å². The summed E-state index contributed by atoms with van der Waals surface area (Å²) in [4.78, 5) is 9.06. The normalized spacial score (nSPS) is 10.9. The van der Waals surface area contributed by atoms with Crippen LogP contribution in [-0.2, 0) is 6.42 Å². The van der Waals surface area contributed by atoms with Crippen LogP contribution < -0.4 is 4.74 Å². The maximum atomic E-state index is 5.25. The zero-order valence-electron chi connectivity index (χ0n) is 11.9. The van der Waals surface area contributed by atoms with Crippen LogP contribution in [0.1, 0.15) is 18.4 Å². The summed E-state index contributed by atoms with van der Waals surface area (Å²) in [5.74, 6) is 1.76. The first kappa shape index (κ1) is 12.7. The Hall–Kier alpha value is -2.36. The summed E-state index contributed by atoms with van der Waals surface area (Å²) < 4.78 is 7.36. The highest BCUT2D eigenvalue weighted by Gasteiger charge is 2.10. The van der Waals surface area contributed by atoms with Crippen LogP contribution in [0.25, 0.3) is 16.7 Å². The standard InChI is InChI=1S/C16H17N3O/c1-4-12-5-6-13(10-17-12)19-11(2)18-15-9-14(20-3)7-8-16(15)19/h5-10H,4H2,1-3H3. The lowest BCUT2D eigenvalue weighted by Crippen LogP contribution is -1.98. The van der Waals surface area contributed by atoms with Gasteiger partial charge in [0.15, 0.2) is 0 Å². The summed E-state index contributed by atoms with van der Waals surface area (Å²) in [7, 11) is 1.67. The number of aromatic nitrogens is 3. The molecule has 3 rings (SSSR count). The summed E-state index contributed by atoms with van der Waals surface area (Å²) in [6, 6.07) is 10.1. The summed E-state index contributed by atoms with van der Waals surface area (Å²) in [6.07, 6.45) is 2.85. The average molecular weight is 267 g/mol. The molecule has 0 spiro atoms. The smallest absolute Gasteiger partial charge is 0.121 e. The Morgan fingerprint density at radius 3 is 2.70 bits per heavy atom. The molecule has 0 aliphatic heterocycles. The molecule has 0 saturated heterocycles. The maximum absolute atomic E-state index is 5.25. The third kappa shape index (κ3) is 2.03. The Kier molecular flexibility index (Phi) is 3.14. The minimum Gasteiger partial charge on any atom is -0.497 e. The second-order valence-corrected chi connectivity index (χ2v) is 4.71. The zero-order chi connectivity index (χ0) is 14.1. The fraction of sp³-hybridized carbons (Fsp3) is 0.250. The number of imidazole rings is 1. The largest absolute Gasteiger partial charge is 0.497 e. The molecule has 2 aromatic heterocycles. The molecule has 1 aromatic carbocycles. The van der Waals surface area contributed by atoms with E-state index in [-0.39, 0.29) is 0 Å². The van der Waals surface area contributed by atoms with Gasteiger partial charge in [0.05, 0.1) is 30.0 Å². The van der Waals surface area contributed by atoms with E-state index in [9.17, 15) is 0 Å². The van der Waals surface area contributed by atoms with Crippen molar-refractivity contribution in [1.82, 2.24) is 14.5 Å². The number of pyridine rings is 1. The van der Waals surface area contributed by atoms with Crippen LogP contribution in [-0.4, -0.2) is 21.6 Å². The summed E-state index contributed by atoms with van der Waals surface area (Å²) in [6.45, 7) is 4.10. The highest BCUT2D eigenvalue weighted by Crippen LogP contribution is 2.24. The third-order valence-electron chi connectivity index (χ3n) is 3.46. The summed E-state index contributed by atoms with van der Waals surface area (Å²) >= 11 is 0. The van der Waals surface area contributed by atoms with Gasteiger partial charge in [-0.3, -0.25) is 9.55 Å². The van der Waals surface area contributed by atoms with Crippen LogP contribution in [0.5, 0.6) is 5.75 Å². The van der Waals surface area contributed by atoms with Gasteiger partial charge >= 0.3 is 0 Å². The van der Waals surface area contributed by atoms with Crippen LogP contribution in [0.4, 0.5) is 0 Å². The van der Waals surface area contributed by atoms with E-state index in [4.69, 9.17) is 4.74 Å². The van der Waals surface area contributed by atoms with Crippen LogP contribution in [0.2, 0.25) is 0 Å². The van der Waals surface area contributed by atoms with Crippen molar-refractivity contribution in [2.45, 2.75) is 20.3 Å².